The Labute approximate surface area is 190 Å². The summed E-state index contributed by atoms with van der Waals surface area (Å²) in [5, 5.41) is 4.11. The molecule has 1 N–H and O–H groups in total. The number of nitrogens with one attached hydrogen (secondary N) is 1. The third-order valence-electron chi connectivity index (χ3n) is 6.35. The molecule has 168 valence electrons. The number of aromatic nitrogens is 1. The topological polar surface area (TPSA) is 51.7 Å². The summed E-state index contributed by atoms with van der Waals surface area (Å²) in [6, 6.07) is 15.9. The van der Waals surface area contributed by atoms with Crippen LogP contribution in [0.5, 0.6) is 0 Å². The Morgan fingerprint density at radius 2 is 1.69 bits per heavy atom. The molecule has 0 radical (unpaired) electrons. The number of amides is 1. The molecule has 1 saturated heterocycles. The normalized spacial score (nSPS) is 14.6. The van der Waals surface area contributed by atoms with Crippen molar-refractivity contribution in [1.29, 1.82) is 0 Å². The van der Waals surface area contributed by atoms with E-state index in [-0.39, 0.29) is 5.91 Å². The van der Waals surface area contributed by atoms with E-state index in [9.17, 15) is 4.79 Å². The van der Waals surface area contributed by atoms with Crippen LogP contribution >= 0.6 is 0 Å². The van der Waals surface area contributed by atoms with Gasteiger partial charge in [0.05, 0.1) is 5.52 Å². The summed E-state index contributed by atoms with van der Waals surface area (Å²) in [5.41, 5.74) is 4.70. The summed E-state index contributed by atoms with van der Waals surface area (Å²) in [7, 11) is 2.16. The molecule has 1 fully saturated rings. The molecule has 1 aromatic heterocycles. The van der Waals surface area contributed by atoms with E-state index in [1.54, 1.807) is 0 Å². The molecule has 3 aromatic rings. The highest BCUT2D eigenvalue weighted by molar-refractivity contribution is 6.05. The van der Waals surface area contributed by atoms with Crippen molar-refractivity contribution in [3.8, 4) is 0 Å². The zero-order valence-corrected chi connectivity index (χ0v) is 19.6. The first-order valence-corrected chi connectivity index (χ1v) is 11.5. The lowest BCUT2D eigenvalue weighted by Gasteiger charge is -2.33. The predicted molar refractivity (Wildman–Crippen MR) is 134 cm³/mol. The van der Waals surface area contributed by atoms with Gasteiger partial charge in [0.2, 0.25) is 0 Å². The molecule has 32 heavy (non-hydrogen) atoms. The van der Waals surface area contributed by atoms with E-state index in [1.165, 1.54) is 5.56 Å². The molecule has 1 amide bonds. The standard InChI is InChI=1S/C26H33N5O/c1-5-30(6-2)22-10-7-20(8-11-22)26(32)27-21-9-12-24-23(18-21)19(3)17-25(28-24)31-15-13-29(4)14-16-31/h7-12,17-18H,5-6,13-16H2,1-4H3,(H,27,32). The van der Waals surface area contributed by atoms with Gasteiger partial charge in [-0.15, -0.1) is 0 Å². The number of anilines is 3. The molecule has 0 atom stereocenters. The van der Waals surface area contributed by atoms with E-state index in [4.69, 9.17) is 4.98 Å². The molecule has 2 aromatic carbocycles. The third-order valence-corrected chi connectivity index (χ3v) is 6.35. The van der Waals surface area contributed by atoms with Gasteiger partial charge in [-0.2, -0.15) is 0 Å². The van der Waals surface area contributed by atoms with Gasteiger partial charge in [-0.25, -0.2) is 4.98 Å². The largest absolute Gasteiger partial charge is 0.372 e. The molecule has 0 spiro atoms. The first-order chi connectivity index (χ1) is 15.5. The number of nitrogens with zero attached hydrogens (tertiary/aromatic N) is 4. The molecule has 6 nitrogen and oxygen atoms in total. The molecule has 0 saturated carbocycles. The maximum absolute atomic E-state index is 12.8. The van der Waals surface area contributed by atoms with Crippen LogP contribution in [0.4, 0.5) is 17.2 Å². The lowest BCUT2D eigenvalue weighted by atomic mass is 10.1. The minimum Gasteiger partial charge on any atom is -0.372 e. The van der Waals surface area contributed by atoms with Gasteiger partial charge in [-0.05, 0) is 81.9 Å². The van der Waals surface area contributed by atoms with Crippen LogP contribution in [-0.4, -0.2) is 62.1 Å². The van der Waals surface area contributed by atoms with Gasteiger partial charge in [-0.1, -0.05) is 0 Å². The van der Waals surface area contributed by atoms with E-state index in [2.05, 4.69) is 53.9 Å². The Morgan fingerprint density at radius 3 is 2.34 bits per heavy atom. The fourth-order valence-corrected chi connectivity index (χ4v) is 4.27. The van der Waals surface area contributed by atoms with Crippen molar-refractivity contribution in [3.63, 3.8) is 0 Å². The van der Waals surface area contributed by atoms with Crippen LogP contribution in [0.15, 0.2) is 48.5 Å². The van der Waals surface area contributed by atoms with Crippen molar-refractivity contribution >= 4 is 34.0 Å². The Morgan fingerprint density at radius 1 is 1.00 bits per heavy atom. The molecule has 0 bridgehead atoms. The summed E-state index contributed by atoms with van der Waals surface area (Å²) < 4.78 is 0. The molecule has 1 aliphatic heterocycles. The summed E-state index contributed by atoms with van der Waals surface area (Å²) in [6.07, 6.45) is 0. The van der Waals surface area contributed by atoms with E-state index >= 15 is 0 Å². The highest BCUT2D eigenvalue weighted by Crippen LogP contribution is 2.26. The number of benzene rings is 2. The Balaban J connectivity index is 1.50. The first-order valence-electron chi connectivity index (χ1n) is 11.5. The number of aryl methyl sites for hydroxylation is 1. The molecule has 4 rings (SSSR count). The number of carbonyl (C=O) groups is 1. The average molecular weight is 432 g/mol. The van der Waals surface area contributed by atoms with E-state index in [1.807, 2.05) is 42.5 Å². The van der Waals surface area contributed by atoms with Crippen molar-refractivity contribution in [2.75, 3.05) is 61.4 Å². The second kappa shape index (κ2) is 9.57. The number of pyridine rings is 1. The Kier molecular flexibility index (Phi) is 6.61. The predicted octanol–water partition coefficient (Wildman–Crippen LogP) is 4.39. The summed E-state index contributed by atoms with van der Waals surface area (Å²) in [5.74, 6) is 0.934. The molecule has 0 unspecified atom stereocenters. The Hall–Kier alpha value is -3.12. The maximum atomic E-state index is 12.8. The monoisotopic (exact) mass is 431 g/mol. The first kappa shape index (κ1) is 22.1. The molecule has 0 aliphatic carbocycles. The Bertz CT molecular complexity index is 1080. The molecular weight excluding hydrogens is 398 g/mol. The van der Waals surface area contributed by atoms with Crippen molar-refractivity contribution in [2.24, 2.45) is 0 Å². The number of hydrogen-bond acceptors (Lipinski definition) is 5. The van der Waals surface area contributed by atoms with E-state index in [0.717, 1.165) is 67.4 Å². The average Bonchev–Trinajstić information content (AvgIpc) is 2.81. The quantitative estimate of drug-likeness (QED) is 0.627. The molecular formula is C26H33N5O. The van der Waals surface area contributed by atoms with Crippen molar-refractivity contribution < 1.29 is 4.79 Å². The second-order valence-electron chi connectivity index (χ2n) is 8.49. The van der Waals surface area contributed by atoms with Crippen LogP contribution in [0.25, 0.3) is 10.9 Å². The minimum atomic E-state index is -0.102. The number of hydrogen-bond donors (Lipinski definition) is 1. The van der Waals surface area contributed by atoms with E-state index in [0.29, 0.717) is 5.56 Å². The van der Waals surface area contributed by atoms with Gasteiger partial charge in [0, 0.05) is 61.6 Å². The third kappa shape index (κ3) is 4.70. The fraction of sp³-hybridized carbons (Fsp3) is 0.385. The van der Waals surface area contributed by atoms with Crippen LogP contribution in [-0.2, 0) is 0 Å². The van der Waals surface area contributed by atoms with Crippen LogP contribution < -0.4 is 15.1 Å². The smallest absolute Gasteiger partial charge is 0.255 e. The number of likely N-dealkylation sites (N-methyl/N-ethyl adjacent to an activating group) is 1. The molecule has 1 aliphatic rings. The highest BCUT2D eigenvalue weighted by atomic mass is 16.1. The van der Waals surface area contributed by atoms with Gasteiger partial charge in [0.1, 0.15) is 5.82 Å². The number of rotatable bonds is 6. The summed E-state index contributed by atoms with van der Waals surface area (Å²) >= 11 is 0. The second-order valence-corrected chi connectivity index (χ2v) is 8.49. The molecule has 6 heteroatoms. The van der Waals surface area contributed by atoms with Crippen LogP contribution in [0.2, 0.25) is 0 Å². The molecule has 2 heterocycles. The van der Waals surface area contributed by atoms with Gasteiger partial charge < -0.3 is 20.0 Å². The minimum absolute atomic E-state index is 0.102. The van der Waals surface area contributed by atoms with Crippen LogP contribution in [0.3, 0.4) is 0 Å². The summed E-state index contributed by atoms with van der Waals surface area (Å²) in [6.45, 7) is 12.4. The number of fused-ring (bicyclic) bond motifs is 1. The van der Waals surface area contributed by atoms with Gasteiger partial charge in [-0.3, -0.25) is 4.79 Å². The number of piperazine rings is 1. The van der Waals surface area contributed by atoms with Crippen molar-refractivity contribution in [3.05, 3.63) is 59.7 Å². The highest BCUT2D eigenvalue weighted by Gasteiger charge is 2.17. The lowest BCUT2D eigenvalue weighted by Crippen LogP contribution is -2.44. The summed E-state index contributed by atoms with van der Waals surface area (Å²) in [4.78, 5) is 24.6. The van der Waals surface area contributed by atoms with Crippen molar-refractivity contribution in [2.45, 2.75) is 20.8 Å². The maximum Gasteiger partial charge on any atom is 0.255 e. The number of carbonyl (C=O) groups excluding carboxylic acids is 1. The van der Waals surface area contributed by atoms with Crippen LogP contribution in [0, 0.1) is 6.92 Å². The zero-order chi connectivity index (χ0) is 22.7. The van der Waals surface area contributed by atoms with Gasteiger partial charge in [0.15, 0.2) is 0 Å². The zero-order valence-electron chi connectivity index (χ0n) is 19.6. The lowest BCUT2D eigenvalue weighted by molar-refractivity contribution is 0.102. The van der Waals surface area contributed by atoms with Crippen LogP contribution in [0.1, 0.15) is 29.8 Å². The SMILES string of the molecule is CCN(CC)c1ccc(C(=O)Nc2ccc3nc(N4CCN(C)CC4)cc(C)c3c2)cc1. The van der Waals surface area contributed by atoms with Gasteiger partial charge in [0.25, 0.3) is 5.91 Å². The van der Waals surface area contributed by atoms with Crippen molar-refractivity contribution in [1.82, 2.24) is 9.88 Å². The fourth-order valence-electron chi connectivity index (χ4n) is 4.27. The van der Waals surface area contributed by atoms with Gasteiger partial charge >= 0.3 is 0 Å². The van der Waals surface area contributed by atoms with E-state index < -0.39 is 0 Å².